The van der Waals surface area contributed by atoms with Gasteiger partial charge in [0, 0.05) is 6.20 Å². The summed E-state index contributed by atoms with van der Waals surface area (Å²) in [7, 11) is 1.32. The van der Waals surface area contributed by atoms with Gasteiger partial charge in [0.25, 0.3) is 0 Å². The van der Waals surface area contributed by atoms with Crippen molar-refractivity contribution < 1.29 is 9.53 Å². The number of nitrogens with one attached hydrogen (secondary N) is 2. The van der Waals surface area contributed by atoms with Gasteiger partial charge in [-0.1, -0.05) is 0 Å². The van der Waals surface area contributed by atoms with Gasteiger partial charge in [-0.2, -0.15) is 4.98 Å². The molecule has 4 N–H and O–H groups in total. The minimum atomic E-state index is -0.370. The minimum Gasteiger partial charge on any atom is -0.468 e. The topological polar surface area (TPSA) is 102 Å². The number of hydrogen-bond donors (Lipinski definition) is 3. The highest BCUT2D eigenvalue weighted by atomic mass is 16.5. The molecule has 7 heteroatoms. The lowest BCUT2D eigenvalue weighted by Gasteiger charge is -2.04. The van der Waals surface area contributed by atoms with Crippen LogP contribution in [0.3, 0.4) is 0 Å². The van der Waals surface area contributed by atoms with Crippen LogP contribution < -0.4 is 16.6 Å². The van der Waals surface area contributed by atoms with Crippen molar-refractivity contribution in [3.05, 3.63) is 12.3 Å². The molecule has 0 aliphatic carbocycles. The molecule has 0 saturated carbocycles. The van der Waals surface area contributed by atoms with E-state index in [-0.39, 0.29) is 18.5 Å². The number of nitrogens with two attached hydrogens (primary N) is 1. The number of ether oxygens (including phenoxy) is 1. The molecule has 0 atom stereocenters. The van der Waals surface area contributed by atoms with Gasteiger partial charge in [-0.3, -0.25) is 10.2 Å². The van der Waals surface area contributed by atoms with E-state index in [1.54, 1.807) is 6.07 Å². The summed E-state index contributed by atoms with van der Waals surface area (Å²) in [5, 5.41) is 2.75. The number of carbonyl (C=O) groups is 1. The first-order valence-corrected chi connectivity index (χ1v) is 3.86. The molecule has 14 heavy (non-hydrogen) atoms. The molecule has 0 aromatic carbocycles. The number of esters is 1. The van der Waals surface area contributed by atoms with E-state index in [0.29, 0.717) is 5.82 Å². The van der Waals surface area contributed by atoms with Gasteiger partial charge in [0.1, 0.15) is 12.4 Å². The Kier molecular flexibility index (Phi) is 3.62. The molecule has 0 unspecified atom stereocenters. The number of nitrogens with zero attached hydrogens (tertiary/aromatic N) is 2. The SMILES string of the molecule is COC(=O)CNc1ccnc(NN)n1. The standard InChI is InChI=1S/C7H11N5O2/c1-14-6(13)4-10-5-2-3-9-7(11-5)12-8/h2-3H,4,8H2,1H3,(H2,9,10,11,12). The molecule has 1 rings (SSSR count). The number of hydrazine groups is 1. The average Bonchev–Trinajstić information content (AvgIpc) is 2.26. The molecule has 7 nitrogen and oxygen atoms in total. The first-order chi connectivity index (χ1) is 6.76. The van der Waals surface area contributed by atoms with Crippen molar-refractivity contribution in [1.82, 2.24) is 9.97 Å². The Bertz CT molecular complexity index is 317. The van der Waals surface area contributed by atoms with Gasteiger partial charge in [0.05, 0.1) is 7.11 Å². The highest BCUT2D eigenvalue weighted by Gasteiger charge is 2.01. The van der Waals surface area contributed by atoms with Crippen molar-refractivity contribution in [3.8, 4) is 0 Å². The van der Waals surface area contributed by atoms with Gasteiger partial charge < -0.3 is 10.1 Å². The quantitative estimate of drug-likeness (QED) is 0.334. The molecule has 0 fully saturated rings. The molecule has 1 heterocycles. The summed E-state index contributed by atoms with van der Waals surface area (Å²) in [6.07, 6.45) is 1.52. The fourth-order valence-electron chi connectivity index (χ4n) is 0.762. The zero-order chi connectivity index (χ0) is 10.4. The van der Waals surface area contributed by atoms with Gasteiger partial charge >= 0.3 is 5.97 Å². The molecule has 0 radical (unpaired) electrons. The Hall–Kier alpha value is -1.89. The molecular formula is C7H11N5O2. The third-order valence-corrected chi connectivity index (χ3v) is 1.43. The van der Waals surface area contributed by atoms with Gasteiger partial charge in [-0.15, -0.1) is 0 Å². The van der Waals surface area contributed by atoms with E-state index in [9.17, 15) is 4.79 Å². The van der Waals surface area contributed by atoms with Gasteiger partial charge in [0.15, 0.2) is 0 Å². The zero-order valence-corrected chi connectivity index (χ0v) is 7.65. The number of carbonyl (C=O) groups excluding carboxylic acids is 1. The number of anilines is 2. The highest BCUT2D eigenvalue weighted by Crippen LogP contribution is 2.03. The van der Waals surface area contributed by atoms with Crippen LogP contribution in [0.1, 0.15) is 0 Å². The third-order valence-electron chi connectivity index (χ3n) is 1.43. The van der Waals surface area contributed by atoms with Crippen molar-refractivity contribution >= 4 is 17.7 Å². The van der Waals surface area contributed by atoms with E-state index in [4.69, 9.17) is 5.84 Å². The Morgan fingerprint density at radius 2 is 2.50 bits per heavy atom. The first-order valence-electron chi connectivity index (χ1n) is 3.86. The molecule has 0 saturated heterocycles. The summed E-state index contributed by atoms with van der Waals surface area (Å²) >= 11 is 0. The van der Waals surface area contributed by atoms with E-state index in [0.717, 1.165) is 0 Å². The molecule has 0 aliphatic heterocycles. The lowest BCUT2D eigenvalue weighted by Crippen LogP contribution is -2.17. The van der Waals surface area contributed by atoms with Gasteiger partial charge in [0.2, 0.25) is 5.95 Å². The summed E-state index contributed by atoms with van der Waals surface area (Å²) in [5.74, 6) is 5.51. The predicted molar refractivity (Wildman–Crippen MR) is 50.3 cm³/mol. The Labute approximate surface area is 80.7 Å². The summed E-state index contributed by atoms with van der Waals surface area (Å²) in [6, 6.07) is 1.61. The van der Waals surface area contributed by atoms with Crippen molar-refractivity contribution in [1.29, 1.82) is 0 Å². The highest BCUT2D eigenvalue weighted by molar-refractivity contribution is 5.74. The monoisotopic (exact) mass is 197 g/mol. The fraction of sp³-hybridized carbons (Fsp3) is 0.286. The Balaban J connectivity index is 2.54. The normalized spacial score (nSPS) is 9.29. The van der Waals surface area contributed by atoms with Crippen molar-refractivity contribution in [2.75, 3.05) is 24.4 Å². The molecule has 0 bridgehead atoms. The van der Waals surface area contributed by atoms with Crippen LogP contribution in [0, 0.1) is 0 Å². The number of methoxy groups -OCH3 is 1. The predicted octanol–water partition coefficient (Wildman–Crippen LogP) is -0.653. The zero-order valence-electron chi connectivity index (χ0n) is 7.65. The molecule has 76 valence electrons. The van der Waals surface area contributed by atoms with E-state index in [1.807, 2.05) is 0 Å². The Morgan fingerprint density at radius 3 is 3.14 bits per heavy atom. The van der Waals surface area contributed by atoms with E-state index >= 15 is 0 Å². The maximum absolute atomic E-state index is 10.8. The molecule has 0 amide bonds. The number of rotatable bonds is 4. The number of aromatic nitrogens is 2. The number of nitrogen functional groups attached to an aromatic ring is 1. The fourth-order valence-corrected chi connectivity index (χ4v) is 0.762. The second-order valence-corrected chi connectivity index (χ2v) is 2.34. The van der Waals surface area contributed by atoms with Crippen molar-refractivity contribution in [2.24, 2.45) is 5.84 Å². The lowest BCUT2D eigenvalue weighted by atomic mass is 10.5. The van der Waals surface area contributed by atoms with E-state index < -0.39 is 0 Å². The molecule has 1 aromatic rings. The van der Waals surface area contributed by atoms with Gasteiger partial charge in [-0.25, -0.2) is 10.8 Å². The Morgan fingerprint density at radius 1 is 1.71 bits per heavy atom. The molecule has 0 aliphatic rings. The minimum absolute atomic E-state index is 0.0531. The lowest BCUT2D eigenvalue weighted by molar-refractivity contribution is -0.138. The maximum atomic E-state index is 10.8. The average molecular weight is 197 g/mol. The maximum Gasteiger partial charge on any atom is 0.325 e. The van der Waals surface area contributed by atoms with Crippen LogP contribution in [-0.2, 0) is 9.53 Å². The molecular weight excluding hydrogens is 186 g/mol. The third kappa shape index (κ3) is 2.87. The largest absolute Gasteiger partial charge is 0.468 e. The first kappa shape index (κ1) is 10.2. The van der Waals surface area contributed by atoms with E-state index in [2.05, 4.69) is 25.4 Å². The number of hydrogen-bond acceptors (Lipinski definition) is 7. The summed E-state index contributed by atoms with van der Waals surface area (Å²) in [4.78, 5) is 18.5. The summed E-state index contributed by atoms with van der Waals surface area (Å²) in [6.45, 7) is 0.0531. The van der Waals surface area contributed by atoms with Crippen molar-refractivity contribution in [3.63, 3.8) is 0 Å². The van der Waals surface area contributed by atoms with Crippen LogP contribution in [0.2, 0.25) is 0 Å². The van der Waals surface area contributed by atoms with E-state index in [1.165, 1.54) is 13.3 Å². The van der Waals surface area contributed by atoms with Crippen molar-refractivity contribution in [2.45, 2.75) is 0 Å². The second-order valence-electron chi connectivity index (χ2n) is 2.34. The smallest absolute Gasteiger partial charge is 0.325 e. The molecule has 1 aromatic heterocycles. The van der Waals surface area contributed by atoms with Crippen LogP contribution in [0.25, 0.3) is 0 Å². The van der Waals surface area contributed by atoms with Crippen LogP contribution >= 0.6 is 0 Å². The summed E-state index contributed by atoms with van der Waals surface area (Å²) < 4.78 is 4.44. The van der Waals surface area contributed by atoms with Crippen LogP contribution in [-0.4, -0.2) is 29.6 Å². The van der Waals surface area contributed by atoms with Crippen LogP contribution in [0.15, 0.2) is 12.3 Å². The second kappa shape index (κ2) is 4.97. The van der Waals surface area contributed by atoms with Gasteiger partial charge in [-0.05, 0) is 6.07 Å². The van der Waals surface area contributed by atoms with Crippen LogP contribution in [0.4, 0.5) is 11.8 Å². The molecule has 0 spiro atoms. The summed E-state index contributed by atoms with van der Waals surface area (Å²) in [5.41, 5.74) is 2.29. The van der Waals surface area contributed by atoms with Crippen LogP contribution in [0.5, 0.6) is 0 Å².